The highest BCUT2D eigenvalue weighted by atomic mass is 19.1. The molecule has 7 heteroatoms. The van der Waals surface area contributed by atoms with Crippen molar-refractivity contribution in [2.24, 2.45) is 0 Å². The van der Waals surface area contributed by atoms with Crippen molar-refractivity contribution in [3.63, 3.8) is 0 Å². The molecule has 0 N–H and O–H groups in total. The minimum Gasteiger partial charge on any atom is -0.444 e. The van der Waals surface area contributed by atoms with Crippen LogP contribution >= 0.6 is 0 Å². The number of hydrogen-bond donors (Lipinski definition) is 0. The molecule has 1 aromatic carbocycles. The first-order valence-electron chi connectivity index (χ1n) is 8.09. The van der Waals surface area contributed by atoms with Crippen LogP contribution in [0.25, 0.3) is 17.0 Å². The van der Waals surface area contributed by atoms with Gasteiger partial charge in [-0.3, -0.25) is 0 Å². The van der Waals surface area contributed by atoms with E-state index in [1.807, 2.05) is 26.8 Å². The van der Waals surface area contributed by atoms with E-state index >= 15 is 0 Å². The molecule has 0 bridgehead atoms. The molecular weight excluding hydrogens is 325 g/mol. The summed E-state index contributed by atoms with van der Waals surface area (Å²) < 4.78 is 23.7. The van der Waals surface area contributed by atoms with Crippen LogP contribution in [0.4, 0.5) is 9.18 Å². The molecule has 132 valence electrons. The fraction of sp³-hybridized carbons (Fsp3) is 0.389. The Kier molecular flexibility index (Phi) is 4.57. The summed E-state index contributed by atoms with van der Waals surface area (Å²) in [6.45, 7) is 6.42. The molecule has 1 amide bonds. The Bertz CT molecular complexity index is 791. The third-order valence-corrected chi connectivity index (χ3v) is 3.61. The molecule has 0 saturated carbocycles. The fourth-order valence-electron chi connectivity index (χ4n) is 2.45. The number of nitrogens with zero attached hydrogens (tertiary/aromatic N) is 3. The summed E-state index contributed by atoms with van der Waals surface area (Å²) in [7, 11) is 0. The minimum absolute atomic E-state index is 0.324. The number of ether oxygens (including phenoxy) is 1. The van der Waals surface area contributed by atoms with Crippen molar-refractivity contribution in [2.75, 3.05) is 13.1 Å². The average molecular weight is 345 g/mol. The van der Waals surface area contributed by atoms with Gasteiger partial charge in [0.25, 0.3) is 5.89 Å². The van der Waals surface area contributed by atoms with Crippen LogP contribution in [0.2, 0.25) is 0 Å². The maximum atomic E-state index is 13.0. The summed E-state index contributed by atoms with van der Waals surface area (Å²) in [6.07, 6.45) is 2.29. The van der Waals surface area contributed by atoms with Gasteiger partial charge >= 0.3 is 6.09 Å². The van der Waals surface area contributed by atoms with Crippen molar-refractivity contribution in [1.82, 2.24) is 15.0 Å². The second-order valence-corrected chi connectivity index (χ2v) is 6.85. The summed E-state index contributed by atoms with van der Waals surface area (Å²) in [5, 5.41) is 3.94. The van der Waals surface area contributed by atoms with Crippen LogP contribution in [0, 0.1) is 5.82 Å². The molecular formula is C18H20FN3O3. The lowest BCUT2D eigenvalue weighted by Gasteiger charge is -2.29. The number of aromatic nitrogens is 2. The van der Waals surface area contributed by atoms with E-state index in [4.69, 9.17) is 9.26 Å². The first kappa shape index (κ1) is 17.1. The first-order valence-corrected chi connectivity index (χ1v) is 8.09. The molecule has 0 spiro atoms. The monoisotopic (exact) mass is 345 g/mol. The summed E-state index contributed by atoms with van der Waals surface area (Å²) in [5.41, 5.74) is 0.897. The number of benzene rings is 1. The molecule has 0 fully saturated rings. The Labute approximate surface area is 145 Å². The minimum atomic E-state index is -0.543. The zero-order chi connectivity index (χ0) is 18.0. The molecule has 0 saturated heterocycles. The molecule has 0 atom stereocenters. The second kappa shape index (κ2) is 6.66. The van der Waals surface area contributed by atoms with Crippen LogP contribution in [0.3, 0.4) is 0 Å². The van der Waals surface area contributed by atoms with Gasteiger partial charge in [-0.25, -0.2) is 9.18 Å². The van der Waals surface area contributed by atoms with E-state index in [2.05, 4.69) is 10.1 Å². The Morgan fingerprint density at radius 2 is 2.00 bits per heavy atom. The normalized spacial score (nSPS) is 15.0. The standard InChI is InChI=1S/C18H20FN3O3/c1-18(2,3)24-17(23)22-10-4-5-13(11-22)16-20-15(21-25-16)12-6-8-14(19)9-7-12/h5-9H,4,10-11H2,1-3H3. The van der Waals surface area contributed by atoms with Gasteiger partial charge < -0.3 is 14.2 Å². The van der Waals surface area contributed by atoms with Crippen molar-refractivity contribution in [3.05, 3.63) is 42.0 Å². The molecule has 3 rings (SSSR count). The Hall–Kier alpha value is -2.70. The maximum Gasteiger partial charge on any atom is 0.410 e. The first-order chi connectivity index (χ1) is 11.8. The van der Waals surface area contributed by atoms with Crippen molar-refractivity contribution in [2.45, 2.75) is 32.8 Å². The van der Waals surface area contributed by atoms with Crippen molar-refractivity contribution >= 4 is 11.7 Å². The molecule has 0 unspecified atom stereocenters. The fourth-order valence-corrected chi connectivity index (χ4v) is 2.45. The molecule has 2 heterocycles. The lowest BCUT2D eigenvalue weighted by molar-refractivity contribution is 0.0272. The topological polar surface area (TPSA) is 68.5 Å². The smallest absolute Gasteiger partial charge is 0.410 e. The zero-order valence-corrected chi connectivity index (χ0v) is 14.5. The number of carbonyl (C=O) groups is 1. The quantitative estimate of drug-likeness (QED) is 0.826. The van der Waals surface area contributed by atoms with Gasteiger partial charge in [-0.2, -0.15) is 4.98 Å². The van der Waals surface area contributed by atoms with Crippen molar-refractivity contribution in [3.8, 4) is 11.4 Å². The average Bonchev–Trinajstić information content (AvgIpc) is 3.04. The number of amides is 1. The maximum absolute atomic E-state index is 13.0. The van der Waals surface area contributed by atoms with Gasteiger partial charge in [0.1, 0.15) is 11.4 Å². The molecule has 1 aliphatic heterocycles. The van der Waals surface area contributed by atoms with Crippen LogP contribution in [0.5, 0.6) is 0 Å². The number of carbonyl (C=O) groups excluding carboxylic acids is 1. The zero-order valence-electron chi connectivity index (χ0n) is 14.5. The van der Waals surface area contributed by atoms with Gasteiger partial charge in [0.2, 0.25) is 5.82 Å². The third kappa shape index (κ3) is 4.23. The molecule has 0 radical (unpaired) electrons. The van der Waals surface area contributed by atoms with E-state index in [1.165, 1.54) is 12.1 Å². The number of hydrogen-bond acceptors (Lipinski definition) is 5. The molecule has 2 aromatic rings. The summed E-state index contributed by atoms with van der Waals surface area (Å²) in [6, 6.07) is 5.86. The highest BCUT2D eigenvalue weighted by molar-refractivity contribution is 5.73. The predicted molar refractivity (Wildman–Crippen MR) is 90.1 cm³/mol. The summed E-state index contributed by atoms with van der Waals surface area (Å²) >= 11 is 0. The van der Waals surface area contributed by atoms with E-state index < -0.39 is 5.60 Å². The van der Waals surface area contributed by atoms with Crippen LogP contribution in [-0.2, 0) is 4.74 Å². The van der Waals surface area contributed by atoms with E-state index in [9.17, 15) is 9.18 Å². The van der Waals surface area contributed by atoms with Gasteiger partial charge in [-0.15, -0.1) is 0 Å². The molecule has 25 heavy (non-hydrogen) atoms. The van der Waals surface area contributed by atoms with Crippen LogP contribution in [0.1, 0.15) is 33.1 Å². The van der Waals surface area contributed by atoms with Gasteiger partial charge in [0, 0.05) is 17.7 Å². The highest BCUT2D eigenvalue weighted by Crippen LogP contribution is 2.24. The Morgan fingerprint density at radius 1 is 1.28 bits per heavy atom. The Balaban J connectivity index is 1.73. The molecule has 6 nitrogen and oxygen atoms in total. The third-order valence-electron chi connectivity index (χ3n) is 3.61. The predicted octanol–water partition coefficient (Wildman–Crippen LogP) is 3.90. The van der Waals surface area contributed by atoms with Gasteiger partial charge in [-0.1, -0.05) is 11.2 Å². The largest absolute Gasteiger partial charge is 0.444 e. The van der Waals surface area contributed by atoms with Crippen molar-refractivity contribution in [1.29, 1.82) is 0 Å². The van der Waals surface area contributed by atoms with Crippen LogP contribution in [-0.4, -0.2) is 39.8 Å². The van der Waals surface area contributed by atoms with Crippen LogP contribution in [0.15, 0.2) is 34.9 Å². The number of halogens is 1. The van der Waals surface area contributed by atoms with Crippen molar-refractivity contribution < 1.29 is 18.4 Å². The summed E-state index contributed by atoms with van der Waals surface area (Å²) in [5.74, 6) is 0.410. The second-order valence-electron chi connectivity index (χ2n) is 6.85. The van der Waals surface area contributed by atoms with Crippen LogP contribution < -0.4 is 0 Å². The lowest BCUT2D eigenvalue weighted by Crippen LogP contribution is -2.39. The van der Waals surface area contributed by atoms with E-state index in [-0.39, 0.29) is 11.9 Å². The number of rotatable bonds is 2. The molecule has 0 aliphatic carbocycles. The molecule has 1 aliphatic rings. The molecule has 1 aromatic heterocycles. The van der Waals surface area contributed by atoms with E-state index in [0.717, 1.165) is 5.57 Å². The SMILES string of the molecule is CC(C)(C)OC(=O)N1CCC=C(c2nc(-c3ccc(F)cc3)no2)C1. The van der Waals surface area contributed by atoms with Gasteiger partial charge in [0.05, 0.1) is 6.54 Å². The van der Waals surface area contributed by atoms with E-state index in [0.29, 0.717) is 36.8 Å². The van der Waals surface area contributed by atoms with E-state index in [1.54, 1.807) is 17.0 Å². The summed E-state index contributed by atoms with van der Waals surface area (Å²) in [4.78, 5) is 18.2. The Morgan fingerprint density at radius 3 is 2.68 bits per heavy atom. The highest BCUT2D eigenvalue weighted by Gasteiger charge is 2.26. The lowest BCUT2D eigenvalue weighted by atomic mass is 10.1. The van der Waals surface area contributed by atoms with Gasteiger partial charge in [0.15, 0.2) is 0 Å². The van der Waals surface area contributed by atoms with Gasteiger partial charge in [-0.05, 0) is 51.5 Å².